The summed E-state index contributed by atoms with van der Waals surface area (Å²) in [6.45, 7) is 2.30. The maximum atomic E-state index is 11.9. The molecular formula is C11H16N5O6P. The topological polar surface area (TPSA) is 159 Å². The third kappa shape index (κ3) is 4.31. The number of rotatable bonds is 5. The molecule has 1 aliphatic heterocycles. The average Bonchev–Trinajstić information content (AvgIpc) is 2.83. The molecule has 23 heavy (non-hydrogen) atoms. The lowest BCUT2D eigenvalue weighted by Crippen LogP contribution is -2.33. The highest BCUT2D eigenvalue weighted by Crippen LogP contribution is 2.39. The number of aromatic nitrogens is 2. The molecule has 1 aromatic heterocycles. The number of hydrogen-bond acceptors (Lipinski definition) is 6. The van der Waals surface area contributed by atoms with Gasteiger partial charge in [-0.3, -0.25) is 18.9 Å². The molecule has 126 valence electrons. The van der Waals surface area contributed by atoms with E-state index in [1.54, 1.807) is 0 Å². The highest BCUT2D eigenvalue weighted by Gasteiger charge is 2.37. The summed E-state index contributed by atoms with van der Waals surface area (Å²) >= 11 is 0. The molecular weight excluding hydrogens is 329 g/mol. The lowest BCUT2D eigenvalue weighted by Gasteiger charge is -2.17. The van der Waals surface area contributed by atoms with E-state index in [-0.39, 0.29) is 13.0 Å². The number of nitrogens with one attached hydrogen (secondary N) is 1. The smallest absolute Gasteiger partial charge is 0.330 e. The van der Waals surface area contributed by atoms with Gasteiger partial charge >= 0.3 is 13.3 Å². The molecule has 1 fully saturated rings. The van der Waals surface area contributed by atoms with Crippen molar-refractivity contribution in [1.29, 1.82) is 0 Å². The number of aryl methyl sites for hydroxylation is 1. The molecule has 12 heteroatoms. The van der Waals surface area contributed by atoms with Crippen LogP contribution in [0.25, 0.3) is 10.4 Å². The van der Waals surface area contributed by atoms with Gasteiger partial charge in [-0.05, 0) is 12.5 Å². The summed E-state index contributed by atoms with van der Waals surface area (Å²) in [5.74, 6) is 0. The van der Waals surface area contributed by atoms with E-state index in [1.165, 1.54) is 17.7 Å². The van der Waals surface area contributed by atoms with E-state index < -0.39 is 37.2 Å². The van der Waals surface area contributed by atoms with Crippen molar-refractivity contribution in [2.24, 2.45) is 5.11 Å². The first kappa shape index (κ1) is 17.5. The van der Waals surface area contributed by atoms with Gasteiger partial charge in [-0.1, -0.05) is 5.11 Å². The van der Waals surface area contributed by atoms with Gasteiger partial charge in [0.25, 0.3) is 5.56 Å². The monoisotopic (exact) mass is 345 g/mol. The Morgan fingerprint density at radius 1 is 1.65 bits per heavy atom. The molecule has 4 atom stereocenters. The van der Waals surface area contributed by atoms with Gasteiger partial charge in [0.2, 0.25) is 0 Å². The summed E-state index contributed by atoms with van der Waals surface area (Å²) in [5, 5.41) is 3.57. The lowest BCUT2D eigenvalue weighted by atomic mass is 10.1. The van der Waals surface area contributed by atoms with Crippen LogP contribution in [0.1, 0.15) is 18.2 Å². The van der Waals surface area contributed by atoms with E-state index in [1.807, 2.05) is 0 Å². The summed E-state index contributed by atoms with van der Waals surface area (Å²) in [4.78, 5) is 37.3. The fraction of sp³-hybridized carbons (Fsp3) is 0.636. The maximum Gasteiger partial charge on any atom is 0.330 e. The second-order valence-electron chi connectivity index (χ2n) is 5.21. The van der Waals surface area contributed by atoms with Crippen LogP contribution in [-0.4, -0.2) is 39.9 Å². The van der Waals surface area contributed by atoms with Crippen LogP contribution in [0.15, 0.2) is 20.9 Å². The molecule has 0 radical (unpaired) electrons. The summed E-state index contributed by atoms with van der Waals surface area (Å²) in [7, 11) is -3.71. The van der Waals surface area contributed by atoms with Crippen molar-refractivity contribution in [2.75, 3.05) is 13.3 Å². The summed E-state index contributed by atoms with van der Waals surface area (Å²) in [5.41, 5.74) is 7.77. The highest BCUT2D eigenvalue weighted by atomic mass is 31.2. The summed E-state index contributed by atoms with van der Waals surface area (Å²) in [6.07, 6.45) is -0.0467. The molecule has 0 aromatic carbocycles. The van der Waals surface area contributed by atoms with Crippen molar-refractivity contribution >= 4 is 7.60 Å². The second-order valence-corrected chi connectivity index (χ2v) is 7.08. The van der Waals surface area contributed by atoms with Crippen LogP contribution < -0.4 is 11.2 Å². The Bertz CT molecular complexity index is 791. The van der Waals surface area contributed by atoms with E-state index in [4.69, 9.17) is 19.7 Å². The largest absolute Gasteiger partial charge is 0.352 e. The maximum absolute atomic E-state index is 11.9. The first-order valence-electron chi connectivity index (χ1n) is 6.68. The van der Waals surface area contributed by atoms with Gasteiger partial charge in [0.1, 0.15) is 6.23 Å². The average molecular weight is 345 g/mol. The minimum Gasteiger partial charge on any atom is -0.352 e. The zero-order valence-corrected chi connectivity index (χ0v) is 13.3. The minimum absolute atomic E-state index is 0.170. The molecule has 1 aliphatic rings. The fourth-order valence-corrected chi connectivity index (χ4v) is 2.66. The van der Waals surface area contributed by atoms with Gasteiger partial charge in [0.15, 0.2) is 0 Å². The molecule has 0 spiro atoms. The first-order valence-corrected chi connectivity index (χ1v) is 8.70. The zero-order valence-electron chi connectivity index (χ0n) is 12.4. The van der Waals surface area contributed by atoms with Crippen molar-refractivity contribution in [1.82, 2.24) is 9.55 Å². The standard InChI is InChI=1S/C11H16N5O6P/c1-6-4-16(11(18)13-10(6)17)9-3-7(14-15-12)8(22-9)5-21-23(2,19)20/h4,7-9H,3,5H2,1-2H3,(H,19,20)(H,13,17,18)/t7-,8+,9+/m0/s1. The molecule has 0 amide bonds. The van der Waals surface area contributed by atoms with Crippen LogP contribution in [0.3, 0.4) is 0 Å². The Labute approximate surface area is 130 Å². The van der Waals surface area contributed by atoms with Gasteiger partial charge in [-0.15, -0.1) is 0 Å². The van der Waals surface area contributed by atoms with E-state index in [0.717, 1.165) is 6.66 Å². The van der Waals surface area contributed by atoms with Crippen molar-refractivity contribution in [2.45, 2.75) is 31.7 Å². The predicted octanol–water partition coefficient (Wildman–Crippen LogP) is 0.643. The van der Waals surface area contributed by atoms with Crippen LogP contribution in [0.2, 0.25) is 0 Å². The molecule has 2 rings (SSSR count). The predicted molar refractivity (Wildman–Crippen MR) is 79.2 cm³/mol. The Morgan fingerprint density at radius 2 is 2.35 bits per heavy atom. The van der Waals surface area contributed by atoms with Gasteiger partial charge in [-0.2, -0.15) is 0 Å². The van der Waals surface area contributed by atoms with Gasteiger partial charge in [0, 0.05) is 29.8 Å². The molecule has 1 saturated heterocycles. The second kappa shape index (κ2) is 6.69. The molecule has 11 nitrogen and oxygen atoms in total. The van der Waals surface area contributed by atoms with Crippen molar-refractivity contribution in [3.8, 4) is 0 Å². The van der Waals surface area contributed by atoms with E-state index in [2.05, 4.69) is 15.0 Å². The van der Waals surface area contributed by atoms with Crippen LogP contribution in [-0.2, 0) is 13.8 Å². The lowest BCUT2D eigenvalue weighted by molar-refractivity contribution is -0.0237. The van der Waals surface area contributed by atoms with E-state index >= 15 is 0 Å². The zero-order chi connectivity index (χ0) is 17.2. The van der Waals surface area contributed by atoms with Crippen molar-refractivity contribution in [3.05, 3.63) is 43.0 Å². The SMILES string of the molecule is Cc1cn([C@H]2C[C@H](N=[N+]=[N-])[C@@H](COP(C)(=O)O)O2)c(=O)[nH]c1=O. The first-order chi connectivity index (χ1) is 10.7. The molecule has 0 bridgehead atoms. The number of azide groups is 1. The summed E-state index contributed by atoms with van der Waals surface area (Å²) in [6, 6.07) is -0.671. The number of aromatic amines is 1. The quantitative estimate of drug-likeness (QED) is 0.345. The fourth-order valence-electron chi connectivity index (χ4n) is 2.24. The minimum atomic E-state index is -3.71. The van der Waals surface area contributed by atoms with Gasteiger partial charge in [0.05, 0.1) is 18.8 Å². The molecule has 0 saturated carbocycles. The number of nitrogens with zero attached hydrogens (tertiary/aromatic N) is 4. The normalized spacial score (nSPS) is 26.5. The molecule has 1 aromatic rings. The van der Waals surface area contributed by atoms with Crippen LogP contribution in [0.5, 0.6) is 0 Å². The van der Waals surface area contributed by atoms with Crippen LogP contribution in [0, 0.1) is 6.92 Å². The number of H-pyrrole nitrogens is 1. The van der Waals surface area contributed by atoms with Gasteiger partial charge in [-0.25, -0.2) is 4.79 Å². The van der Waals surface area contributed by atoms with Crippen LogP contribution in [0.4, 0.5) is 0 Å². The van der Waals surface area contributed by atoms with Crippen LogP contribution >= 0.6 is 7.60 Å². The third-order valence-electron chi connectivity index (χ3n) is 3.34. The Morgan fingerprint density at radius 3 is 2.96 bits per heavy atom. The molecule has 2 N–H and O–H groups in total. The highest BCUT2D eigenvalue weighted by molar-refractivity contribution is 7.51. The molecule has 1 unspecified atom stereocenters. The summed E-state index contributed by atoms with van der Waals surface area (Å²) < 4.78 is 22.8. The Balaban J connectivity index is 2.24. The number of ether oxygens (including phenoxy) is 1. The van der Waals surface area contributed by atoms with Crippen molar-refractivity contribution < 1.29 is 18.7 Å². The number of hydrogen-bond donors (Lipinski definition) is 2. The Kier molecular flexibility index (Phi) is 5.08. The molecule has 0 aliphatic carbocycles. The molecule has 2 heterocycles. The van der Waals surface area contributed by atoms with E-state index in [9.17, 15) is 14.2 Å². The van der Waals surface area contributed by atoms with E-state index in [0.29, 0.717) is 5.56 Å². The Hall–Kier alpha value is -1.90. The van der Waals surface area contributed by atoms with Crippen molar-refractivity contribution in [3.63, 3.8) is 0 Å². The third-order valence-corrected chi connectivity index (χ3v) is 3.97. The van der Waals surface area contributed by atoms with Gasteiger partial charge < -0.3 is 14.2 Å².